The molecule has 0 radical (unpaired) electrons. The Balaban J connectivity index is 2.02. The van der Waals surface area contributed by atoms with Gasteiger partial charge in [0.15, 0.2) is 0 Å². The van der Waals surface area contributed by atoms with Crippen LogP contribution in [0.15, 0.2) is 67.3 Å². The maximum Gasteiger partial charge on any atom is 0.335 e. The van der Waals surface area contributed by atoms with E-state index in [-0.39, 0.29) is 5.91 Å². The van der Waals surface area contributed by atoms with Gasteiger partial charge in [-0.05, 0) is 36.4 Å². The van der Waals surface area contributed by atoms with Gasteiger partial charge in [0.25, 0.3) is 5.91 Å². The highest BCUT2D eigenvalue weighted by atomic mass is 16.5. The predicted molar refractivity (Wildman–Crippen MR) is 76.7 cm³/mol. The Morgan fingerprint density at radius 2 is 1.65 bits per heavy atom. The Bertz CT molecular complexity index is 618. The molecule has 2 aromatic carbocycles. The molecular weight excluding hydrogens is 254 g/mol. The van der Waals surface area contributed by atoms with Gasteiger partial charge in [-0.25, -0.2) is 4.79 Å². The number of amides is 1. The molecule has 1 N–H and O–H groups in total. The highest BCUT2D eigenvalue weighted by Crippen LogP contribution is 2.16. The summed E-state index contributed by atoms with van der Waals surface area (Å²) in [6.45, 7) is 3.32. The van der Waals surface area contributed by atoms with Gasteiger partial charge in [0.1, 0.15) is 5.75 Å². The molecule has 0 saturated carbocycles. The average molecular weight is 267 g/mol. The van der Waals surface area contributed by atoms with Gasteiger partial charge < -0.3 is 10.1 Å². The second-order valence-corrected chi connectivity index (χ2v) is 3.97. The van der Waals surface area contributed by atoms with E-state index in [1.54, 1.807) is 48.5 Å². The van der Waals surface area contributed by atoms with Gasteiger partial charge in [0.2, 0.25) is 0 Å². The molecule has 0 aromatic heterocycles. The lowest BCUT2D eigenvalue weighted by molar-refractivity contribution is -0.128. The molecule has 4 nitrogen and oxygen atoms in total. The van der Waals surface area contributed by atoms with Crippen LogP contribution in [0, 0.1) is 0 Å². The molecule has 0 aliphatic heterocycles. The highest BCUT2D eigenvalue weighted by molar-refractivity contribution is 6.04. The minimum Gasteiger partial charge on any atom is -0.423 e. The Kier molecular flexibility index (Phi) is 4.29. The number of hydrogen-bond acceptors (Lipinski definition) is 3. The van der Waals surface area contributed by atoms with Gasteiger partial charge in [-0.2, -0.15) is 0 Å². The number of ether oxygens (including phenoxy) is 1. The highest BCUT2D eigenvalue weighted by Gasteiger charge is 2.05. The lowest BCUT2D eigenvalue weighted by Gasteiger charge is -2.06. The molecule has 0 saturated heterocycles. The molecular formula is C16H13NO3. The van der Waals surface area contributed by atoms with Crippen LogP contribution in [0.4, 0.5) is 5.69 Å². The van der Waals surface area contributed by atoms with E-state index in [4.69, 9.17) is 4.74 Å². The topological polar surface area (TPSA) is 55.4 Å². The molecule has 0 unspecified atom stereocenters. The maximum atomic E-state index is 11.9. The number of nitrogens with one attached hydrogen (secondary N) is 1. The van der Waals surface area contributed by atoms with Crippen molar-refractivity contribution in [2.75, 3.05) is 5.32 Å². The second kappa shape index (κ2) is 6.33. The first-order valence-electron chi connectivity index (χ1n) is 6.00. The summed E-state index contributed by atoms with van der Waals surface area (Å²) >= 11 is 0. The quantitative estimate of drug-likeness (QED) is 0.526. The van der Waals surface area contributed by atoms with Gasteiger partial charge in [0.05, 0.1) is 0 Å². The third-order valence-electron chi connectivity index (χ3n) is 2.53. The number of esters is 1. The summed E-state index contributed by atoms with van der Waals surface area (Å²) in [7, 11) is 0. The first-order valence-corrected chi connectivity index (χ1v) is 6.00. The van der Waals surface area contributed by atoms with Gasteiger partial charge in [-0.15, -0.1) is 0 Å². The molecule has 1 amide bonds. The molecule has 0 atom stereocenters. The molecule has 0 spiro atoms. The molecule has 0 fully saturated rings. The van der Waals surface area contributed by atoms with E-state index in [0.29, 0.717) is 17.0 Å². The van der Waals surface area contributed by atoms with Crippen molar-refractivity contribution >= 4 is 17.6 Å². The van der Waals surface area contributed by atoms with Crippen molar-refractivity contribution in [1.82, 2.24) is 0 Å². The maximum absolute atomic E-state index is 11.9. The zero-order valence-electron chi connectivity index (χ0n) is 10.7. The summed E-state index contributed by atoms with van der Waals surface area (Å²) in [6.07, 6.45) is 1.09. The molecule has 2 rings (SSSR count). The lowest BCUT2D eigenvalue weighted by Crippen LogP contribution is -2.11. The van der Waals surface area contributed by atoms with E-state index in [1.165, 1.54) is 0 Å². The Morgan fingerprint density at radius 3 is 2.25 bits per heavy atom. The fourth-order valence-corrected chi connectivity index (χ4v) is 1.56. The van der Waals surface area contributed by atoms with Gasteiger partial charge in [0, 0.05) is 17.3 Å². The minimum atomic E-state index is -0.522. The molecule has 0 aliphatic rings. The SMILES string of the molecule is C=CC(=O)Oc1ccc(NC(=O)c2ccccc2)cc1. The normalized spacial score (nSPS) is 9.60. The summed E-state index contributed by atoms with van der Waals surface area (Å²) in [5.41, 5.74) is 1.20. The number of carbonyl (C=O) groups excluding carboxylic acids is 2. The first-order chi connectivity index (χ1) is 9.69. The van der Waals surface area contributed by atoms with Crippen LogP contribution in [0.2, 0.25) is 0 Å². The summed E-state index contributed by atoms with van der Waals surface area (Å²) < 4.78 is 4.94. The van der Waals surface area contributed by atoms with Crippen LogP contribution in [0.5, 0.6) is 5.75 Å². The fourth-order valence-electron chi connectivity index (χ4n) is 1.56. The van der Waals surface area contributed by atoms with Gasteiger partial charge in [-0.3, -0.25) is 4.79 Å². The van der Waals surface area contributed by atoms with E-state index >= 15 is 0 Å². The van der Waals surface area contributed by atoms with Crippen molar-refractivity contribution < 1.29 is 14.3 Å². The van der Waals surface area contributed by atoms with E-state index in [2.05, 4.69) is 11.9 Å². The molecule has 0 heterocycles. The summed E-state index contributed by atoms with van der Waals surface area (Å²) in [5, 5.41) is 2.75. The monoisotopic (exact) mass is 267 g/mol. The molecule has 20 heavy (non-hydrogen) atoms. The van der Waals surface area contributed by atoms with Crippen molar-refractivity contribution in [2.24, 2.45) is 0 Å². The van der Waals surface area contributed by atoms with E-state index in [0.717, 1.165) is 6.08 Å². The molecule has 4 heteroatoms. The smallest absolute Gasteiger partial charge is 0.335 e. The zero-order valence-corrected chi connectivity index (χ0v) is 10.7. The van der Waals surface area contributed by atoms with Gasteiger partial charge >= 0.3 is 5.97 Å². The molecule has 0 aliphatic carbocycles. The average Bonchev–Trinajstić information content (AvgIpc) is 2.50. The molecule has 0 bridgehead atoms. The van der Waals surface area contributed by atoms with E-state index in [1.807, 2.05) is 6.07 Å². The van der Waals surface area contributed by atoms with Crippen LogP contribution < -0.4 is 10.1 Å². The third kappa shape index (κ3) is 3.55. The van der Waals surface area contributed by atoms with Crippen LogP contribution in [-0.2, 0) is 4.79 Å². The van der Waals surface area contributed by atoms with Crippen LogP contribution in [0.3, 0.4) is 0 Å². The van der Waals surface area contributed by atoms with Gasteiger partial charge in [-0.1, -0.05) is 24.8 Å². The summed E-state index contributed by atoms with van der Waals surface area (Å²) in [4.78, 5) is 22.9. The van der Waals surface area contributed by atoms with Crippen LogP contribution in [0.1, 0.15) is 10.4 Å². The number of hydrogen-bond donors (Lipinski definition) is 1. The second-order valence-electron chi connectivity index (χ2n) is 3.97. The standard InChI is InChI=1S/C16H13NO3/c1-2-15(18)20-14-10-8-13(9-11-14)17-16(19)12-6-4-3-5-7-12/h2-11H,1H2,(H,17,19). The number of anilines is 1. The van der Waals surface area contributed by atoms with E-state index < -0.39 is 5.97 Å². The fraction of sp³-hybridized carbons (Fsp3) is 0. The van der Waals surface area contributed by atoms with Crippen LogP contribution >= 0.6 is 0 Å². The van der Waals surface area contributed by atoms with Crippen molar-refractivity contribution in [1.29, 1.82) is 0 Å². The Labute approximate surface area is 116 Å². The first kappa shape index (κ1) is 13.5. The largest absolute Gasteiger partial charge is 0.423 e. The van der Waals surface area contributed by atoms with Crippen LogP contribution in [-0.4, -0.2) is 11.9 Å². The summed E-state index contributed by atoms with van der Waals surface area (Å²) in [5.74, 6) is -0.319. The Morgan fingerprint density at radius 1 is 1.00 bits per heavy atom. The predicted octanol–water partition coefficient (Wildman–Crippen LogP) is 3.03. The number of carbonyl (C=O) groups is 2. The van der Waals surface area contributed by atoms with Crippen molar-refractivity contribution in [3.05, 3.63) is 72.8 Å². The number of benzene rings is 2. The third-order valence-corrected chi connectivity index (χ3v) is 2.53. The van der Waals surface area contributed by atoms with Crippen molar-refractivity contribution in [3.8, 4) is 5.75 Å². The minimum absolute atomic E-state index is 0.193. The van der Waals surface area contributed by atoms with Crippen LogP contribution in [0.25, 0.3) is 0 Å². The van der Waals surface area contributed by atoms with Crippen molar-refractivity contribution in [2.45, 2.75) is 0 Å². The molecule has 100 valence electrons. The van der Waals surface area contributed by atoms with E-state index in [9.17, 15) is 9.59 Å². The Hall–Kier alpha value is -2.88. The summed E-state index contributed by atoms with van der Waals surface area (Å²) in [6, 6.07) is 15.4. The lowest BCUT2D eigenvalue weighted by atomic mass is 10.2. The molecule has 2 aromatic rings. The number of rotatable bonds is 4. The zero-order chi connectivity index (χ0) is 14.4. The van der Waals surface area contributed by atoms with Crippen molar-refractivity contribution in [3.63, 3.8) is 0 Å².